The van der Waals surface area contributed by atoms with E-state index in [-0.39, 0.29) is 5.75 Å². The van der Waals surface area contributed by atoms with Gasteiger partial charge in [-0.15, -0.1) is 0 Å². The Kier molecular flexibility index (Phi) is 5.49. The summed E-state index contributed by atoms with van der Waals surface area (Å²) in [6, 6.07) is 3.26. The lowest BCUT2D eigenvalue weighted by molar-refractivity contribution is 0.0374. The van der Waals surface area contributed by atoms with Gasteiger partial charge < -0.3 is 19.3 Å². The zero-order valence-electron chi connectivity index (χ0n) is 12.2. The smallest absolute Gasteiger partial charge is 0.129 e. The van der Waals surface area contributed by atoms with Gasteiger partial charge >= 0.3 is 0 Å². The van der Waals surface area contributed by atoms with Crippen LogP contribution in [0.3, 0.4) is 0 Å². The maximum Gasteiger partial charge on any atom is 0.129 e. The number of phenols is 1. The van der Waals surface area contributed by atoms with Crippen molar-refractivity contribution < 1.29 is 19.3 Å². The molecule has 0 atom stereocenters. The summed E-state index contributed by atoms with van der Waals surface area (Å²) in [5.74, 6) is 1.53. The molecule has 1 N–H and O–H groups in total. The summed E-state index contributed by atoms with van der Waals surface area (Å²) < 4.78 is 16.0. The van der Waals surface area contributed by atoms with Gasteiger partial charge in [0.25, 0.3) is 0 Å². The van der Waals surface area contributed by atoms with E-state index in [2.05, 4.69) is 4.90 Å². The number of benzene rings is 1. The molecule has 1 aliphatic heterocycles. The second-order valence-corrected chi connectivity index (χ2v) is 4.89. The number of morpholine rings is 1. The Morgan fingerprint density at radius 2 is 1.75 bits per heavy atom. The molecule has 5 heteroatoms. The fourth-order valence-electron chi connectivity index (χ4n) is 2.52. The number of methoxy groups -OCH3 is 2. The quantitative estimate of drug-likeness (QED) is 0.859. The fraction of sp³-hybridized carbons (Fsp3) is 0.600. The van der Waals surface area contributed by atoms with Crippen LogP contribution in [0.1, 0.15) is 12.0 Å². The molecule has 1 aromatic carbocycles. The van der Waals surface area contributed by atoms with Gasteiger partial charge in [-0.05, 0) is 19.4 Å². The Hall–Kier alpha value is -1.46. The molecule has 5 nitrogen and oxygen atoms in total. The highest BCUT2D eigenvalue weighted by Crippen LogP contribution is 2.34. The summed E-state index contributed by atoms with van der Waals surface area (Å²) in [6.45, 7) is 4.70. The summed E-state index contributed by atoms with van der Waals surface area (Å²) in [7, 11) is 3.22. The summed E-state index contributed by atoms with van der Waals surface area (Å²) >= 11 is 0. The predicted molar refractivity (Wildman–Crippen MR) is 76.8 cm³/mol. The average Bonchev–Trinajstić information content (AvgIpc) is 2.49. The second-order valence-electron chi connectivity index (χ2n) is 4.89. The van der Waals surface area contributed by atoms with Crippen LogP contribution < -0.4 is 9.47 Å². The van der Waals surface area contributed by atoms with Crippen LogP contribution in [0.5, 0.6) is 17.2 Å². The van der Waals surface area contributed by atoms with Crippen LogP contribution in [-0.4, -0.2) is 57.1 Å². The second kappa shape index (κ2) is 7.36. The topological polar surface area (TPSA) is 51.2 Å². The lowest BCUT2D eigenvalue weighted by Gasteiger charge is -2.26. The number of aromatic hydroxyl groups is 1. The molecule has 0 saturated carbocycles. The molecule has 0 aliphatic carbocycles. The van der Waals surface area contributed by atoms with E-state index >= 15 is 0 Å². The van der Waals surface area contributed by atoms with Gasteiger partial charge in [0, 0.05) is 30.8 Å². The van der Waals surface area contributed by atoms with Gasteiger partial charge in [-0.25, -0.2) is 0 Å². The van der Waals surface area contributed by atoms with Gasteiger partial charge in [-0.2, -0.15) is 0 Å². The van der Waals surface area contributed by atoms with E-state index in [0.717, 1.165) is 51.3 Å². The Labute approximate surface area is 120 Å². The van der Waals surface area contributed by atoms with Crippen LogP contribution in [0.15, 0.2) is 12.1 Å². The predicted octanol–water partition coefficient (Wildman–Crippen LogP) is 1.67. The molecule has 0 bridgehead atoms. The van der Waals surface area contributed by atoms with Crippen molar-refractivity contribution in [1.29, 1.82) is 0 Å². The first kappa shape index (κ1) is 14.9. The summed E-state index contributed by atoms with van der Waals surface area (Å²) in [4.78, 5) is 2.41. The minimum absolute atomic E-state index is 0.163. The van der Waals surface area contributed by atoms with Crippen molar-refractivity contribution in [2.24, 2.45) is 0 Å². The van der Waals surface area contributed by atoms with Gasteiger partial charge in [-0.1, -0.05) is 0 Å². The van der Waals surface area contributed by atoms with Crippen molar-refractivity contribution >= 4 is 0 Å². The third-order valence-corrected chi connectivity index (χ3v) is 3.60. The standard InChI is InChI=1S/C15H23NO4/c1-18-14-10-12(17)11-15(19-2)13(14)4-3-5-16-6-8-20-9-7-16/h10-11,17H,3-9H2,1-2H3. The molecule has 0 amide bonds. The molecular weight excluding hydrogens is 258 g/mol. The number of nitrogens with zero attached hydrogens (tertiary/aromatic N) is 1. The Bertz CT molecular complexity index is 405. The lowest BCUT2D eigenvalue weighted by Crippen LogP contribution is -2.36. The van der Waals surface area contributed by atoms with Gasteiger partial charge in [0.15, 0.2) is 0 Å². The Balaban J connectivity index is 1.97. The molecule has 1 aliphatic rings. The highest BCUT2D eigenvalue weighted by atomic mass is 16.5. The van der Waals surface area contributed by atoms with Crippen LogP contribution in [-0.2, 0) is 11.2 Å². The monoisotopic (exact) mass is 281 g/mol. The number of rotatable bonds is 6. The van der Waals surface area contributed by atoms with E-state index in [1.807, 2.05) is 0 Å². The molecule has 2 rings (SSSR count). The molecule has 0 spiro atoms. The minimum atomic E-state index is 0.163. The van der Waals surface area contributed by atoms with Gasteiger partial charge in [0.2, 0.25) is 0 Å². The molecule has 1 heterocycles. The SMILES string of the molecule is COc1cc(O)cc(OC)c1CCCN1CCOCC1. The highest BCUT2D eigenvalue weighted by molar-refractivity contribution is 5.50. The van der Waals surface area contributed by atoms with Crippen molar-refractivity contribution in [1.82, 2.24) is 4.90 Å². The molecule has 1 fully saturated rings. The van der Waals surface area contributed by atoms with Crippen molar-refractivity contribution in [3.63, 3.8) is 0 Å². The van der Waals surface area contributed by atoms with Gasteiger partial charge in [-0.3, -0.25) is 4.90 Å². The first-order valence-corrected chi connectivity index (χ1v) is 6.98. The van der Waals surface area contributed by atoms with E-state index in [1.54, 1.807) is 26.4 Å². The van der Waals surface area contributed by atoms with Crippen molar-refractivity contribution in [3.05, 3.63) is 17.7 Å². The van der Waals surface area contributed by atoms with E-state index in [0.29, 0.717) is 11.5 Å². The van der Waals surface area contributed by atoms with E-state index in [1.165, 1.54) is 0 Å². The molecule has 1 aromatic rings. The molecule has 0 radical (unpaired) electrons. The minimum Gasteiger partial charge on any atom is -0.508 e. The van der Waals surface area contributed by atoms with Crippen LogP contribution in [0, 0.1) is 0 Å². The Morgan fingerprint density at radius 1 is 1.15 bits per heavy atom. The maximum absolute atomic E-state index is 9.63. The van der Waals surface area contributed by atoms with Crippen molar-refractivity contribution in [2.45, 2.75) is 12.8 Å². The number of ether oxygens (including phenoxy) is 3. The molecule has 0 aromatic heterocycles. The normalized spacial score (nSPS) is 16.1. The first-order chi connectivity index (χ1) is 9.74. The van der Waals surface area contributed by atoms with Crippen molar-refractivity contribution in [3.8, 4) is 17.2 Å². The third-order valence-electron chi connectivity index (χ3n) is 3.60. The number of hydrogen-bond donors (Lipinski definition) is 1. The van der Waals surface area contributed by atoms with Crippen molar-refractivity contribution in [2.75, 3.05) is 47.1 Å². The number of hydrogen-bond acceptors (Lipinski definition) is 5. The first-order valence-electron chi connectivity index (χ1n) is 6.98. The molecule has 0 unspecified atom stereocenters. The lowest BCUT2D eigenvalue weighted by atomic mass is 10.1. The van der Waals surface area contributed by atoms with Crippen LogP contribution in [0.4, 0.5) is 0 Å². The summed E-state index contributed by atoms with van der Waals surface area (Å²) in [6.07, 6.45) is 1.89. The van der Waals surface area contributed by atoms with E-state index in [4.69, 9.17) is 14.2 Å². The zero-order chi connectivity index (χ0) is 14.4. The molecule has 1 saturated heterocycles. The summed E-state index contributed by atoms with van der Waals surface area (Å²) in [5, 5.41) is 9.63. The molecule has 20 heavy (non-hydrogen) atoms. The average molecular weight is 281 g/mol. The van der Waals surface area contributed by atoms with Crippen LogP contribution in [0.2, 0.25) is 0 Å². The summed E-state index contributed by atoms with van der Waals surface area (Å²) in [5.41, 5.74) is 1.01. The molecular formula is C15H23NO4. The van der Waals surface area contributed by atoms with Gasteiger partial charge in [0.05, 0.1) is 27.4 Å². The largest absolute Gasteiger partial charge is 0.508 e. The fourth-order valence-corrected chi connectivity index (χ4v) is 2.52. The highest BCUT2D eigenvalue weighted by Gasteiger charge is 2.14. The third kappa shape index (κ3) is 3.77. The van der Waals surface area contributed by atoms with Gasteiger partial charge in [0.1, 0.15) is 17.2 Å². The van der Waals surface area contributed by atoms with Crippen LogP contribution in [0.25, 0.3) is 0 Å². The Morgan fingerprint density at radius 3 is 2.30 bits per heavy atom. The van der Waals surface area contributed by atoms with Crippen LogP contribution >= 0.6 is 0 Å². The number of phenolic OH excluding ortho intramolecular Hbond substituents is 1. The maximum atomic E-state index is 9.63. The van der Waals surface area contributed by atoms with E-state index < -0.39 is 0 Å². The van der Waals surface area contributed by atoms with E-state index in [9.17, 15) is 5.11 Å². The zero-order valence-corrected chi connectivity index (χ0v) is 12.2. The molecule has 112 valence electrons.